The predicted molar refractivity (Wildman–Crippen MR) is 106 cm³/mol. The van der Waals surface area contributed by atoms with Gasteiger partial charge in [0, 0.05) is 16.6 Å². The summed E-state index contributed by atoms with van der Waals surface area (Å²) in [5.41, 5.74) is 0.852. The molecule has 1 N–H and O–H groups in total. The Labute approximate surface area is 161 Å². The molecular formula is C20H20ClN3O3. The number of carbonyl (C=O) groups is 1. The SMILES string of the molecule is COc1cccc(-c2nc3cc(Cl)ccc3c(=O)n2CC(=O)NC(C)C)c1. The highest BCUT2D eigenvalue weighted by Gasteiger charge is 2.16. The summed E-state index contributed by atoms with van der Waals surface area (Å²) in [6.45, 7) is 3.60. The van der Waals surface area contributed by atoms with Crippen LogP contribution in [0.25, 0.3) is 22.3 Å². The van der Waals surface area contributed by atoms with Crippen LogP contribution in [-0.4, -0.2) is 28.6 Å². The summed E-state index contributed by atoms with van der Waals surface area (Å²) in [4.78, 5) is 30.0. The number of aromatic nitrogens is 2. The summed E-state index contributed by atoms with van der Waals surface area (Å²) >= 11 is 6.07. The van der Waals surface area contributed by atoms with Gasteiger partial charge >= 0.3 is 0 Å². The molecule has 0 saturated heterocycles. The number of nitrogens with zero attached hydrogens (tertiary/aromatic N) is 2. The fourth-order valence-electron chi connectivity index (χ4n) is 2.83. The zero-order chi connectivity index (χ0) is 19.6. The first kappa shape index (κ1) is 18.9. The summed E-state index contributed by atoms with van der Waals surface area (Å²) in [5, 5.41) is 3.70. The molecule has 7 heteroatoms. The molecule has 0 radical (unpaired) electrons. The number of nitrogens with one attached hydrogen (secondary N) is 1. The second-order valence-corrected chi connectivity index (χ2v) is 6.88. The molecule has 0 bridgehead atoms. The fourth-order valence-corrected chi connectivity index (χ4v) is 3.00. The van der Waals surface area contributed by atoms with Gasteiger partial charge in [0.2, 0.25) is 5.91 Å². The van der Waals surface area contributed by atoms with E-state index in [1.165, 1.54) is 4.57 Å². The molecule has 0 unspecified atom stereocenters. The zero-order valence-electron chi connectivity index (χ0n) is 15.3. The number of hydrogen-bond donors (Lipinski definition) is 1. The van der Waals surface area contributed by atoms with Crippen molar-refractivity contribution in [2.45, 2.75) is 26.4 Å². The monoisotopic (exact) mass is 385 g/mol. The van der Waals surface area contributed by atoms with Crippen LogP contribution in [0.2, 0.25) is 5.02 Å². The average molecular weight is 386 g/mol. The summed E-state index contributed by atoms with van der Waals surface area (Å²) in [6, 6.07) is 12.1. The maximum absolute atomic E-state index is 13.1. The first-order chi connectivity index (χ1) is 12.9. The molecule has 0 aliphatic rings. The van der Waals surface area contributed by atoms with Gasteiger partial charge in [0.1, 0.15) is 18.1 Å². The zero-order valence-corrected chi connectivity index (χ0v) is 16.1. The molecule has 2 aromatic carbocycles. The van der Waals surface area contributed by atoms with Gasteiger partial charge in [-0.15, -0.1) is 0 Å². The number of hydrogen-bond acceptors (Lipinski definition) is 4. The molecule has 1 heterocycles. The lowest BCUT2D eigenvalue weighted by Crippen LogP contribution is -2.37. The van der Waals surface area contributed by atoms with Crippen LogP contribution < -0.4 is 15.6 Å². The topological polar surface area (TPSA) is 73.2 Å². The Morgan fingerprint density at radius 3 is 2.74 bits per heavy atom. The van der Waals surface area contributed by atoms with Gasteiger partial charge in [-0.2, -0.15) is 0 Å². The van der Waals surface area contributed by atoms with E-state index in [9.17, 15) is 9.59 Å². The largest absolute Gasteiger partial charge is 0.497 e. The minimum absolute atomic E-state index is 0.0271. The van der Waals surface area contributed by atoms with Crippen LogP contribution in [0.4, 0.5) is 0 Å². The predicted octanol–water partition coefficient (Wildman–Crippen LogP) is 3.25. The van der Waals surface area contributed by atoms with Crippen LogP contribution in [-0.2, 0) is 11.3 Å². The second-order valence-electron chi connectivity index (χ2n) is 6.44. The van der Waals surface area contributed by atoms with Gasteiger partial charge in [-0.3, -0.25) is 14.2 Å². The van der Waals surface area contributed by atoms with E-state index in [0.717, 1.165) is 0 Å². The Hall–Kier alpha value is -2.86. The van der Waals surface area contributed by atoms with Crippen molar-refractivity contribution in [1.82, 2.24) is 14.9 Å². The van der Waals surface area contributed by atoms with Crippen LogP contribution in [0.5, 0.6) is 5.75 Å². The highest BCUT2D eigenvalue weighted by atomic mass is 35.5. The molecule has 0 aliphatic heterocycles. The van der Waals surface area contributed by atoms with Crippen molar-refractivity contribution in [2.24, 2.45) is 0 Å². The first-order valence-corrected chi connectivity index (χ1v) is 8.90. The van der Waals surface area contributed by atoms with Crippen LogP contribution >= 0.6 is 11.6 Å². The van der Waals surface area contributed by atoms with Crippen molar-refractivity contribution in [1.29, 1.82) is 0 Å². The molecule has 27 heavy (non-hydrogen) atoms. The van der Waals surface area contributed by atoms with E-state index in [2.05, 4.69) is 10.3 Å². The number of amides is 1. The van der Waals surface area contributed by atoms with Crippen molar-refractivity contribution < 1.29 is 9.53 Å². The Morgan fingerprint density at radius 2 is 2.04 bits per heavy atom. The molecule has 1 aromatic heterocycles. The normalized spacial score (nSPS) is 11.0. The number of benzene rings is 2. The maximum Gasteiger partial charge on any atom is 0.262 e. The van der Waals surface area contributed by atoms with Crippen LogP contribution in [0.1, 0.15) is 13.8 Å². The van der Waals surface area contributed by atoms with Gasteiger partial charge in [0.05, 0.1) is 18.0 Å². The van der Waals surface area contributed by atoms with Crippen LogP contribution in [0.3, 0.4) is 0 Å². The molecule has 140 valence electrons. The Balaban J connectivity index is 2.23. The minimum Gasteiger partial charge on any atom is -0.497 e. The molecule has 0 aliphatic carbocycles. The summed E-state index contributed by atoms with van der Waals surface area (Å²) in [5.74, 6) is 0.755. The summed E-state index contributed by atoms with van der Waals surface area (Å²) < 4.78 is 6.65. The van der Waals surface area contributed by atoms with Crippen LogP contribution in [0, 0.1) is 0 Å². The van der Waals surface area contributed by atoms with E-state index >= 15 is 0 Å². The summed E-state index contributed by atoms with van der Waals surface area (Å²) in [6.07, 6.45) is 0. The lowest BCUT2D eigenvalue weighted by molar-refractivity contribution is -0.122. The van der Waals surface area contributed by atoms with Crippen molar-refractivity contribution in [3.05, 3.63) is 57.8 Å². The fraction of sp³-hybridized carbons (Fsp3) is 0.250. The number of methoxy groups -OCH3 is 1. The van der Waals surface area contributed by atoms with Crippen molar-refractivity contribution >= 4 is 28.4 Å². The highest BCUT2D eigenvalue weighted by molar-refractivity contribution is 6.31. The van der Waals surface area contributed by atoms with E-state index in [4.69, 9.17) is 16.3 Å². The Kier molecular flexibility index (Phi) is 5.46. The maximum atomic E-state index is 13.1. The number of fused-ring (bicyclic) bond motifs is 1. The lowest BCUT2D eigenvalue weighted by Gasteiger charge is -2.15. The van der Waals surface area contributed by atoms with Gasteiger partial charge < -0.3 is 10.1 Å². The third-order valence-electron chi connectivity index (χ3n) is 4.00. The Morgan fingerprint density at radius 1 is 1.26 bits per heavy atom. The minimum atomic E-state index is -0.298. The Bertz CT molecular complexity index is 1060. The lowest BCUT2D eigenvalue weighted by atomic mass is 10.1. The first-order valence-electron chi connectivity index (χ1n) is 8.53. The molecule has 0 saturated carbocycles. The highest BCUT2D eigenvalue weighted by Crippen LogP contribution is 2.24. The molecule has 6 nitrogen and oxygen atoms in total. The summed E-state index contributed by atoms with van der Waals surface area (Å²) in [7, 11) is 1.57. The van der Waals surface area contributed by atoms with Crippen molar-refractivity contribution in [2.75, 3.05) is 7.11 Å². The van der Waals surface area contributed by atoms with Gasteiger partial charge in [-0.1, -0.05) is 23.7 Å². The van der Waals surface area contributed by atoms with Gasteiger partial charge in [0.15, 0.2) is 0 Å². The third-order valence-corrected chi connectivity index (χ3v) is 4.23. The molecule has 0 fully saturated rings. The molecule has 0 atom stereocenters. The second kappa shape index (κ2) is 7.80. The smallest absolute Gasteiger partial charge is 0.262 e. The van der Waals surface area contributed by atoms with E-state index in [-0.39, 0.29) is 24.1 Å². The van der Waals surface area contributed by atoms with Crippen molar-refractivity contribution in [3.8, 4) is 17.1 Å². The standard InChI is InChI=1S/C20H20ClN3O3/c1-12(2)22-18(25)11-24-19(13-5-4-6-15(9-13)27-3)23-17-10-14(21)7-8-16(17)20(24)26/h4-10,12H,11H2,1-3H3,(H,22,25). The van der Waals surface area contributed by atoms with Crippen LogP contribution in [0.15, 0.2) is 47.3 Å². The van der Waals surface area contributed by atoms with Gasteiger partial charge in [-0.25, -0.2) is 4.98 Å². The quantitative estimate of drug-likeness (QED) is 0.731. The number of ether oxygens (including phenoxy) is 1. The molecular weight excluding hydrogens is 366 g/mol. The van der Waals surface area contributed by atoms with E-state index in [1.807, 2.05) is 19.9 Å². The number of carbonyl (C=O) groups excluding carboxylic acids is 1. The number of halogens is 1. The third kappa shape index (κ3) is 4.11. The molecule has 3 rings (SSSR count). The van der Waals surface area contributed by atoms with E-state index in [1.54, 1.807) is 43.5 Å². The van der Waals surface area contributed by atoms with Gasteiger partial charge in [0.25, 0.3) is 5.56 Å². The van der Waals surface area contributed by atoms with Gasteiger partial charge in [-0.05, 0) is 44.2 Å². The average Bonchev–Trinajstić information content (AvgIpc) is 2.63. The van der Waals surface area contributed by atoms with E-state index < -0.39 is 0 Å². The molecule has 1 amide bonds. The van der Waals surface area contributed by atoms with E-state index in [0.29, 0.717) is 33.1 Å². The van der Waals surface area contributed by atoms with Crippen molar-refractivity contribution in [3.63, 3.8) is 0 Å². The molecule has 0 spiro atoms. The number of rotatable bonds is 5. The molecule has 3 aromatic rings.